The van der Waals surface area contributed by atoms with Crippen molar-refractivity contribution in [1.82, 2.24) is 15.0 Å². The fourth-order valence-electron chi connectivity index (χ4n) is 1.70. The van der Waals surface area contributed by atoms with Crippen molar-refractivity contribution in [2.24, 2.45) is 0 Å². The van der Waals surface area contributed by atoms with Crippen molar-refractivity contribution < 1.29 is 13.2 Å². The lowest BCUT2D eigenvalue weighted by Crippen LogP contribution is -2.08. The van der Waals surface area contributed by atoms with Crippen molar-refractivity contribution in [3.63, 3.8) is 0 Å². The predicted octanol–water partition coefficient (Wildman–Crippen LogP) is 2.22. The van der Waals surface area contributed by atoms with Crippen LogP contribution in [0.4, 0.5) is 19.0 Å². The highest BCUT2D eigenvalue weighted by molar-refractivity contribution is 5.42. The van der Waals surface area contributed by atoms with Crippen LogP contribution in [0.1, 0.15) is 19.0 Å². The first kappa shape index (κ1) is 12.4. The van der Waals surface area contributed by atoms with Gasteiger partial charge in [0.05, 0.1) is 5.69 Å². The van der Waals surface area contributed by atoms with Gasteiger partial charge in [-0.05, 0) is 6.42 Å². The Balaban J connectivity index is 2.62. The summed E-state index contributed by atoms with van der Waals surface area (Å²) >= 11 is 0. The first-order valence-electron chi connectivity index (χ1n) is 5.39. The molecule has 0 unspecified atom stereocenters. The lowest BCUT2D eigenvalue weighted by Gasteiger charge is -2.08. The van der Waals surface area contributed by atoms with Gasteiger partial charge in [-0.1, -0.05) is 18.6 Å². The maximum atomic E-state index is 13.6. The molecule has 18 heavy (non-hydrogen) atoms. The Morgan fingerprint density at radius 1 is 1.22 bits per heavy atom. The van der Waals surface area contributed by atoms with Gasteiger partial charge in [-0.3, -0.25) is 0 Å². The molecule has 2 rings (SSSR count). The largest absolute Gasteiger partial charge is 0.381 e. The molecule has 0 atom stereocenters. The lowest BCUT2D eigenvalue weighted by molar-refractivity contribution is 0.522. The Hall–Kier alpha value is -2.05. The molecular weight excluding hydrogens is 245 g/mol. The van der Waals surface area contributed by atoms with E-state index in [2.05, 4.69) is 10.3 Å². The van der Waals surface area contributed by atoms with Crippen molar-refractivity contribution in [3.05, 3.63) is 35.3 Å². The topological polar surface area (TPSA) is 56.7 Å². The summed E-state index contributed by atoms with van der Waals surface area (Å²) in [5, 5.41) is 7.18. The molecule has 0 spiro atoms. The molecule has 0 fully saturated rings. The van der Waals surface area contributed by atoms with Crippen LogP contribution in [-0.2, 0) is 6.42 Å². The molecule has 1 aromatic carbocycles. The molecule has 0 bridgehead atoms. The summed E-state index contributed by atoms with van der Waals surface area (Å²) in [5.41, 5.74) is 5.52. The van der Waals surface area contributed by atoms with Gasteiger partial charge in [0.15, 0.2) is 17.5 Å². The second kappa shape index (κ2) is 4.67. The van der Waals surface area contributed by atoms with Crippen LogP contribution < -0.4 is 5.73 Å². The zero-order valence-electron chi connectivity index (χ0n) is 9.62. The molecular formula is C11H11F3N4. The van der Waals surface area contributed by atoms with Crippen molar-refractivity contribution in [3.8, 4) is 5.69 Å². The minimum absolute atomic E-state index is 0.111. The summed E-state index contributed by atoms with van der Waals surface area (Å²) in [6, 6.07) is 1.18. The molecule has 0 radical (unpaired) electrons. The third-order valence-electron chi connectivity index (χ3n) is 2.47. The number of benzene rings is 1. The summed E-state index contributed by atoms with van der Waals surface area (Å²) in [6.45, 7) is 1.88. The normalized spacial score (nSPS) is 10.9. The van der Waals surface area contributed by atoms with Crippen molar-refractivity contribution in [2.45, 2.75) is 19.8 Å². The standard InChI is InChI=1S/C11H11F3N4/c1-2-3-9-11(15)16-17-18(9)10-7(13)4-6(12)5-8(10)14/h4-5H,2-3,15H2,1H3. The van der Waals surface area contributed by atoms with E-state index in [4.69, 9.17) is 5.73 Å². The van der Waals surface area contributed by atoms with E-state index >= 15 is 0 Å². The molecule has 4 nitrogen and oxygen atoms in total. The highest BCUT2D eigenvalue weighted by Gasteiger charge is 2.19. The predicted molar refractivity (Wildman–Crippen MR) is 59.6 cm³/mol. The van der Waals surface area contributed by atoms with E-state index in [0.717, 1.165) is 4.68 Å². The van der Waals surface area contributed by atoms with Crippen LogP contribution in [0.2, 0.25) is 0 Å². The fraction of sp³-hybridized carbons (Fsp3) is 0.273. The van der Waals surface area contributed by atoms with Gasteiger partial charge >= 0.3 is 0 Å². The summed E-state index contributed by atoms with van der Waals surface area (Å²) < 4.78 is 41.0. The van der Waals surface area contributed by atoms with Crippen molar-refractivity contribution >= 4 is 5.82 Å². The van der Waals surface area contributed by atoms with Crippen LogP contribution in [-0.4, -0.2) is 15.0 Å². The van der Waals surface area contributed by atoms with Crippen LogP contribution in [0.15, 0.2) is 12.1 Å². The van der Waals surface area contributed by atoms with Crippen LogP contribution in [0.25, 0.3) is 5.69 Å². The molecule has 96 valence electrons. The SMILES string of the molecule is CCCc1c(N)nnn1-c1c(F)cc(F)cc1F. The number of halogens is 3. The van der Waals surface area contributed by atoms with Crippen molar-refractivity contribution in [1.29, 1.82) is 0 Å². The van der Waals surface area contributed by atoms with E-state index in [0.29, 0.717) is 30.7 Å². The molecule has 0 aliphatic carbocycles. The second-order valence-corrected chi connectivity index (χ2v) is 3.80. The average Bonchev–Trinajstić information content (AvgIpc) is 2.61. The number of hydrogen-bond acceptors (Lipinski definition) is 3. The van der Waals surface area contributed by atoms with Crippen LogP contribution >= 0.6 is 0 Å². The summed E-state index contributed by atoms with van der Waals surface area (Å²) in [7, 11) is 0. The van der Waals surface area contributed by atoms with Crippen LogP contribution in [0.3, 0.4) is 0 Å². The Kier molecular flexibility index (Phi) is 3.22. The van der Waals surface area contributed by atoms with Gasteiger partial charge in [-0.2, -0.15) is 0 Å². The van der Waals surface area contributed by atoms with E-state index < -0.39 is 23.1 Å². The average molecular weight is 256 g/mol. The molecule has 0 saturated heterocycles. The molecule has 0 saturated carbocycles. The molecule has 0 aliphatic heterocycles. The molecule has 7 heteroatoms. The van der Waals surface area contributed by atoms with Gasteiger partial charge in [0, 0.05) is 12.1 Å². The maximum absolute atomic E-state index is 13.6. The van der Waals surface area contributed by atoms with Gasteiger partial charge in [0.1, 0.15) is 11.5 Å². The zero-order chi connectivity index (χ0) is 13.3. The summed E-state index contributed by atoms with van der Waals surface area (Å²) in [5.74, 6) is -2.97. The minimum atomic E-state index is -1.05. The number of aromatic nitrogens is 3. The number of nitrogens with two attached hydrogens (primary N) is 1. The zero-order valence-corrected chi connectivity index (χ0v) is 9.62. The monoisotopic (exact) mass is 256 g/mol. The summed E-state index contributed by atoms with van der Waals surface area (Å²) in [6.07, 6.45) is 1.18. The Labute approximate surface area is 101 Å². The van der Waals surface area contributed by atoms with E-state index in [1.807, 2.05) is 6.92 Å². The van der Waals surface area contributed by atoms with E-state index in [9.17, 15) is 13.2 Å². The molecule has 0 aliphatic rings. The molecule has 2 aromatic rings. The van der Waals surface area contributed by atoms with E-state index in [1.54, 1.807) is 0 Å². The van der Waals surface area contributed by atoms with Crippen LogP contribution in [0, 0.1) is 17.5 Å². The van der Waals surface area contributed by atoms with Gasteiger partial charge in [0.25, 0.3) is 0 Å². The minimum Gasteiger partial charge on any atom is -0.381 e. The Morgan fingerprint density at radius 3 is 2.39 bits per heavy atom. The van der Waals surface area contributed by atoms with Gasteiger partial charge < -0.3 is 5.73 Å². The molecule has 1 aromatic heterocycles. The number of hydrogen-bond donors (Lipinski definition) is 1. The van der Waals surface area contributed by atoms with Crippen molar-refractivity contribution in [2.75, 3.05) is 5.73 Å². The van der Waals surface area contributed by atoms with Gasteiger partial charge in [-0.25, -0.2) is 17.9 Å². The maximum Gasteiger partial charge on any atom is 0.169 e. The first-order valence-corrected chi connectivity index (χ1v) is 5.39. The number of nitrogen functional groups attached to an aromatic ring is 1. The van der Waals surface area contributed by atoms with Gasteiger partial charge in [-0.15, -0.1) is 5.10 Å². The first-order chi connectivity index (χ1) is 8.54. The highest BCUT2D eigenvalue weighted by atomic mass is 19.1. The molecule has 2 N–H and O–H groups in total. The van der Waals surface area contributed by atoms with E-state index in [-0.39, 0.29) is 5.82 Å². The third kappa shape index (κ3) is 2.03. The van der Waals surface area contributed by atoms with Crippen LogP contribution in [0.5, 0.6) is 0 Å². The molecule has 1 heterocycles. The smallest absolute Gasteiger partial charge is 0.169 e. The number of nitrogens with zero attached hydrogens (tertiary/aromatic N) is 3. The number of rotatable bonds is 3. The molecule has 0 amide bonds. The Bertz CT molecular complexity index is 557. The lowest BCUT2D eigenvalue weighted by atomic mass is 10.2. The summed E-state index contributed by atoms with van der Waals surface area (Å²) in [4.78, 5) is 0. The quantitative estimate of drug-likeness (QED) is 0.916. The Morgan fingerprint density at radius 2 is 1.83 bits per heavy atom. The van der Waals surface area contributed by atoms with Gasteiger partial charge in [0.2, 0.25) is 0 Å². The highest BCUT2D eigenvalue weighted by Crippen LogP contribution is 2.22. The fourth-order valence-corrected chi connectivity index (χ4v) is 1.70. The van der Waals surface area contributed by atoms with E-state index in [1.165, 1.54) is 0 Å². The third-order valence-corrected chi connectivity index (χ3v) is 2.47. The second-order valence-electron chi connectivity index (χ2n) is 3.80. The number of anilines is 1.